The highest BCUT2D eigenvalue weighted by Gasteiger charge is 2.34. The van der Waals surface area contributed by atoms with Gasteiger partial charge in [0.15, 0.2) is 11.6 Å². The SMILES string of the molecule is COc1cc(-c2cn(C)c(=O)c3cnccc23)cc(F)c1CN1CCC(N(C)C(=O)C2CCN(c3ccc4c(N5CCC(=O)NC5=O)n[nH]c4c3F)CC2)CC1. The zero-order valence-corrected chi connectivity index (χ0v) is 31.5. The first-order valence-electron chi connectivity index (χ1n) is 18.8. The van der Waals surface area contributed by atoms with Gasteiger partial charge in [-0.2, -0.15) is 5.10 Å². The van der Waals surface area contributed by atoms with Crippen molar-refractivity contribution in [1.29, 1.82) is 0 Å². The summed E-state index contributed by atoms with van der Waals surface area (Å²) in [6.07, 6.45) is 7.62. The van der Waals surface area contributed by atoms with E-state index in [-0.39, 0.29) is 53.6 Å². The number of urea groups is 1. The van der Waals surface area contributed by atoms with Crippen LogP contribution in [0, 0.1) is 17.6 Å². The summed E-state index contributed by atoms with van der Waals surface area (Å²) in [7, 11) is 5.04. The van der Waals surface area contributed by atoms with Crippen LogP contribution in [-0.2, 0) is 23.2 Å². The first-order valence-corrected chi connectivity index (χ1v) is 18.8. The number of fused-ring (bicyclic) bond motifs is 2. The highest BCUT2D eigenvalue weighted by atomic mass is 19.1. The molecule has 16 heteroatoms. The monoisotopic (exact) mass is 767 g/mol. The number of hydrogen-bond acceptors (Lipinski definition) is 9. The minimum Gasteiger partial charge on any atom is -0.496 e. The van der Waals surface area contributed by atoms with Gasteiger partial charge in [0, 0.05) is 107 Å². The van der Waals surface area contributed by atoms with E-state index >= 15 is 8.78 Å². The number of anilines is 2. The summed E-state index contributed by atoms with van der Waals surface area (Å²) in [5.74, 6) is -0.640. The second-order valence-corrected chi connectivity index (χ2v) is 14.9. The number of halogens is 2. The molecule has 6 heterocycles. The fourth-order valence-corrected chi connectivity index (χ4v) is 8.41. The van der Waals surface area contributed by atoms with Gasteiger partial charge < -0.3 is 19.1 Å². The van der Waals surface area contributed by atoms with Crippen molar-refractivity contribution in [2.45, 2.75) is 44.7 Å². The van der Waals surface area contributed by atoms with Gasteiger partial charge in [0.2, 0.25) is 11.8 Å². The lowest BCUT2D eigenvalue weighted by atomic mass is 9.93. The molecule has 0 spiro atoms. The van der Waals surface area contributed by atoms with Crippen LogP contribution in [0.1, 0.15) is 37.7 Å². The molecule has 5 aromatic rings. The lowest BCUT2D eigenvalue weighted by Crippen LogP contribution is -2.49. The maximum absolute atomic E-state index is 15.9. The molecule has 3 saturated heterocycles. The van der Waals surface area contributed by atoms with Gasteiger partial charge in [0.25, 0.3) is 5.56 Å². The fraction of sp³-hybridized carbons (Fsp3) is 0.400. The number of aryl methyl sites for hydroxylation is 1. The van der Waals surface area contributed by atoms with Crippen LogP contribution in [0.5, 0.6) is 5.75 Å². The van der Waals surface area contributed by atoms with Crippen molar-refractivity contribution in [2.75, 3.05) is 56.7 Å². The number of benzene rings is 2. The van der Waals surface area contributed by atoms with E-state index in [0.717, 1.165) is 12.8 Å². The van der Waals surface area contributed by atoms with Crippen LogP contribution in [0.4, 0.5) is 25.1 Å². The van der Waals surface area contributed by atoms with Crippen LogP contribution in [0.25, 0.3) is 32.8 Å². The van der Waals surface area contributed by atoms with E-state index in [9.17, 15) is 19.2 Å². The van der Waals surface area contributed by atoms with Gasteiger partial charge in [-0.3, -0.25) is 39.6 Å². The third-order valence-electron chi connectivity index (χ3n) is 11.6. The van der Waals surface area contributed by atoms with Crippen LogP contribution in [0.3, 0.4) is 0 Å². The van der Waals surface area contributed by atoms with Crippen LogP contribution < -0.4 is 25.4 Å². The summed E-state index contributed by atoms with van der Waals surface area (Å²) in [6.45, 7) is 2.88. The molecule has 8 rings (SSSR count). The molecule has 2 aromatic carbocycles. The van der Waals surface area contributed by atoms with Crippen molar-refractivity contribution in [2.24, 2.45) is 13.0 Å². The molecule has 56 heavy (non-hydrogen) atoms. The summed E-state index contributed by atoms with van der Waals surface area (Å²) >= 11 is 0. The summed E-state index contributed by atoms with van der Waals surface area (Å²) in [4.78, 5) is 61.7. The van der Waals surface area contributed by atoms with Crippen LogP contribution >= 0.6 is 0 Å². The third kappa shape index (κ3) is 6.71. The maximum atomic E-state index is 15.9. The molecule has 3 aliphatic heterocycles. The number of carbonyl (C=O) groups excluding carboxylic acids is 3. The fourth-order valence-electron chi connectivity index (χ4n) is 8.41. The zero-order valence-electron chi connectivity index (χ0n) is 31.5. The lowest BCUT2D eigenvalue weighted by molar-refractivity contribution is -0.138. The van der Waals surface area contributed by atoms with E-state index in [1.807, 2.05) is 22.9 Å². The van der Waals surface area contributed by atoms with Gasteiger partial charge in [-0.1, -0.05) is 0 Å². The Balaban J connectivity index is 0.871. The molecule has 0 bridgehead atoms. The number of ether oxygens (including phenoxy) is 1. The topological polar surface area (TPSA) is 149 Å². The Morgan fingerprint density at radius 2 is 1.75 bits per heavy atom. The van der Waals surface area contributed by atoms with Gasteiger partial charge >= 0.3 is 6.03 Å². The molecule has 292 valence electrons. The molecule has 14 nitrogen and oxygen atoms in total. The number of aromatic amines is 1. The number of rotatable bonds is 8. The second kappa shape index (κ2) is 15.0. The Morgan fingerprint density at radius 1 is 0.982 bits per heavy atom. The van der Waals surface area contributed by atoms with Crippen LogP contribution in [-0.4, -0.2) is 100 Å². The largest absolute Gasteiger partial charge is 0.496 e. The molecule has 3 fully saturated rings. The van der Waals surface area contributed by atoms with E-state index in [0.29, 0.717) is 89.9 Å². The number of aromatic nitrogens is 4. The van der Waals surface area contributed by atoms with Crippen molar-refractivity contribution in [3.63, 3.8) is 0 Å². The minimum absolute atomic E-state index is 0.0490. The summed E-state index contributed by atoms with van der Waals surface area (Å²) in [5.41, 5.74) is 2.16. The number of piperidine rings is 2. The number of nitrogens with one attached hydrogen (secondary N) is 2. The van der Waals surface area contributed by atoms with E-state index in [2.05, 4.69) is 25.4 Å². The molecular formula is C40H43F2N9O5. The quantitative estimate of drug-likeness (QED) is 0.232. The van der Waals surface area contributed by atoms with Crippen molar-refractivity contribution >= 4 is 51.0 Å². The Bertz CT molecular complexity index is 2420. The predicted octanol–water partition coefficient (Wildman–Crippen LogP) is 4.55. The predicted molar refractivity (Wildman–Crippen MR) is 206 cm³/mol. The molecule has 3 aliphatic rings. The number of H-pyrrole nitrogens is 1. The Hall–Kier alpha value is -5.90. The number of likely N-dealkylation sites (tertiary alicyclic amines) is 1. The number of methoxy groups -OCH3 is 1. The third-order valence-corrected chi connectivity index (χ3v) is 11.6. The lowest BCUT2D eigenvalue weighted by Gasteiger charge is -2.40. The molecule has 4 amide bonds. The van der Waals surface area contributed by atoms with E-state index in [1.54, 1.807) is 37.6 Å². The standard InChI is InChI=1S/C40H43F2N9O5/c1-47-21-29(26-6-12-43-20-28(26)39(47)54)24-18-31(41)30(33(19-24)56-3)22-49-13-9-25(10-14-49)48(2)38(53)23-7-15-50(16-8-23)32-5-4-27-36(35(32)42)45-46-37(27)51-17-11-34(52)44-40(51)55/h4-6,12,18-21,23,25H,7-11,13-17,22H2,1-3H3,(H,45,46)(H,44,52,55). The molecular weight excluding hydrogens is 724 g/mol. The van der Waals surface area contributed by atoms with Crippen molar-refractivity contribution < 1.29 is 27.9 Å². The van der Waals surface area contributed by atoms with E-state index < -0.39 is 17.7 Å². The Labute approximate surface area is 321 Å². The number of carbonyl (C=O) groups is 3. The van der Waals surface area contributed by atoms with Gasteiger partial charge in [0.1, 0.15) is 17.1 Å². The minimum atomic E-state index is -0.591. The average Bonchev–Trinajstić information content (AvgIpc) is 3.64. The average molecular weight is 768 g/mol. The van der Waals surface area contributed by atoms with Crippen molar-refractivity contribution in [3.8, 4) is 16.9 Å². The molecule has 0 saturated carbocycles. The van der Waals surface area contributed by atoms with Gasteiger partial charge in [0.05, 0.1) is 18.2 Å². The molecule has 0 aliphatic carbocycles. The number of pyridine rings is 2. The number of hydrogen-bond donors (Lipinski definition) is 2. The summed E-state index contributed by atoms with van der Waals surface area (Å²) in [6, 6.07) is 7.92. The Kier molecular flexibility index (Phi) is 9.91. The molecule has 0 radical (unpaired) electrons. The molecule has 3 aromatic heterocycles. The zero-order chi connectivity index (χ0) is 39.2. The van der Waals surface area contributed by atoms with E-state index in [1.165, 1.54) is 28.8 Å². The first kappa shape index (κ1) is 37.0. The summed E-state index contributed by atoms with van der Waals surface area (Å²) in [5, 5.41) is 10.8. The Morgan fingerprint density at radius 3 is 2.48 bits per heavy atom. The second-order valence-electron chi connectivity index (χ2n) is 14.9. The van der Waals surface area contributed by atoms with Crippen molar-refractivity contribution in [1.82, 2.24) is 34.9 Å². The van der Waals surface area contributed by atoms with Gasteiger partial charge in [-0.25, -0.2) is 13.6 Å². The normalized spacial score (nSPS) is 17.5. The van der Waals surface area contributed by atoms with Crippen LogP contribution in [0.2, 0.25) is 0 Å². The molecule has 0 atom stereocenters. The van der Waals surface area contributed by atoms with Gasteiger partial charge in [-0.05, 0) is 67.0 Å². The van der Waals surface area contributed by atoms with Gasteiger partial charge in [-0.15, -0.1) is 0 Å². The maximum Gasteiger partial charge on any atom is 0.329 e. The first-order chi connectivity index (χ1) is 27.0. The summed E-state index contributed by atoms with van der Waals surface area (Å²) < 4.78 is 38.8. The number of imide groups is 1. The highest BCUT2D eigenvalue weighted by Crippen LogP contribution is 2.36. The molecule has 0 unspecified atom stereocenters. The highest BCUT2D eigenvalue weighted by molar-refractivity contribution is 6.09. The molecule has 2 N–H and O–H groups in total. The smallest absolute Gasteiger partial charge is 0.329 e. The van der Waals surface area contributed by atoms with E-state index in [4.69, 9.17) is 4.74 Å². The number of amides is 4. The van der Waals surface area contributed by atoms with Crippen LogP contribution in [0.15, 0.2) is 53.7 Å². The number of nitrogens with zero attached hydrogens (tertiary/aromatic N) is 7. The van der Waals surface area contributed by atoms with Crippen molar-refractivity contribution in [3.05, 3.63) is 76.5 Å².